The van der Waals surface area contributed by atoms with Gasteiger partial charge in [-0.3, -0.25) is 0 Å². The van der Waals surface area contributed by atoms with E-state index in [-0.39, 0.29) is 12.3 Å². The first kappa shape index (κ1) is 15.6. The van der Waals surface area contributed by atoms with Crippen LogP contribution in [0.4, 0.5) is 26.3 Å². The molecule has 0 nitrogen and oxygen atoms in total. The Hall–Kier alpha value is -0.420. The Morgan fingerprint density at radius 1 is 0.722 bits per heavy atom. The maximum atomic E-state index is 12.3. The Labute approximate surface area is 103 Å². The summed E-state index contributed by atoms with van der Waals surface area (Å²) in [4.78, 5) is 0. The average molecular weight is 276 g/mol. The molecule has 108 valence electrons. The van der Waals surface area contributed by atoms with Crippen LogP contribution in [0.2, 0.25) is 0 Å². The standard InChI is InChI=1S/C12H18F6/c1-2-8-3-9(6-11(13,14)15)5-10(4-8)7-12(16,17)18/h8-10H,2-7H2,1H3. The van der Waals surface area contributed by atoms with Gasteiger partial charge in [0, 0.05) is 12.8 Å². The number of alkyl halides is 6. The van der Waals surface area contributed by atoms with Crippen LogP contribution in [0.5, 0.6) is 0 Å². The molecule has 0 aromatic rings. The van der Waals surface area contributed by atoms with Crippen molar-refractivity contribution >= 4 is 0 Å². The van der Waals surface area contributed by atoms with Crippen LogP contribution >= 0.6 is 0 Å². The van der Waals surface area contributed by atoms with Crippen LogP contribution in [0.1, 0.15) is 45.4 Å². The van der Waals surface area contributed by atoms with Crippen molar-refractivity contribution < 1.29 is 26.3 Å². The molecule has 0 aromatic carbocycles. The summed E-state index contributed by atoms with van der Waals surface area (Å²) in [6.07, 6.45) is -8.92. The summed E-state index contributed by atoms with van der Waals surface area (Å²) in [6.45, 7) is 1.82. The van der Waals surface area contributed by atoms with E-state index in [1.54, 1.807) is 0 Å². The van der Waals surface area contributed by atoms with Crippen LogP contribution in [0, 0.1) is 17.8 Å². The molecule has 1 saturated carbocycles. The van der Waals surface area contributed by atoms with E-state index in [9.17, 15) is 26.3 Å². The smallest absolute Gasteiger partial charge is 0.171 e. The van der Waals surface area contributed by atoms with Crippen molar-refractivity contribution in [1.82, 2.24) is 0 Å². The molecule has 0 radical (unpaired) electrons. The molecule has 0 spiro atoms. The van der Waals surface area contributed by atoms with E-state index in [0.29, 0.717) is 19.3 Å². The van der Waals surface area contributed by atoms with E-state index in [1.807, 2.05) is 6.92 Å². The number of hydrogen-bond donors (Lipinski definition) is 0. The van der Waals surface area contributed by atoms with Gasteiger partial charge in [0.1, 0.15) is 0 Å². The minimum Gasteiger partial charge on any atom is -0.171 e. The maximum Gasteiger partial charge on any atom is 0.389 e. The summed E-state index contributed by atoms with van der Waals surface area (Å²) in [5, 5.41) is 0. The molecule has 18 heavy (non-hydrogen) atoms. The molecule has 0 aromatic heterocycles. The molecule has 1 rings (SSSR count). The molecule has 2 atom stereocenters. The lowest BCUT2D eigenvalue weighted by Crippen LogP contribution is -2.29. The van der Waals surface area contributed by atoms with E-state index < -0.39 is 37.0 Å². The fraction of sp³-hybridized carbons (Fsp3) is 1.00. The summed E-state index contributed by atoms with van der Waals surface area (Å²) >= 11 is 0. The molecule has 6 heteroatoms. The fourth-order valence-electron chi connectivity index (χ4n) is 3.02. The predicted molar refractivity (Wildman–Crippen MR) is 56.0 cm³/mol. The second-order valence-corrected chi connectivity index (χ2v) is 5.35. The first-order valence-electron chi connectivity index (χ1n) is 6.22. The first-order chi connectivity index (χ1) is 8.09. The quantitative estimate of drug-likeness (QED) is 0.611. The first-order valence-corrected chi connectivity index (χ1v) is 6.22. The van der Waals surface area contributed by atoms with Gasteiger partial charge in [0.15, 0.2) is 0 Å². The second kappa shape index (κ2) is 5.70. The summed E-state index contributed by atoms with van der Waals surface area (Å²) in [6, 6.07) is 0. The third-order valence-electron chi connectivity index (χ3n) is 3.62. The molecule has 0 bridgehead atoms. The number of hydrogen-bond acceptors (Lipinski definition) is 0. The molecule has 0 aliphatic heterocycles. The highest BCUT2D eigenvalue weighted by Crippen LogP contribution is 2.43. The van der Waals surface area contributed by atoms with Gasteiger partial charge in [0.2, 0.25) is 0 Å². The van der Waals surface area contributed by atoms with Gasteiger partial charge in [-0.05, 0) is 37.0 Å². The largest absolute Gasteiger partial charge is 0.389 e. The molecule has 2 unspecified atom stereocenters. The van der Waals surface area contributed by atoms with E-state index >= 15 is 0 Å². The van der Waals surface area contributed by atoms with Gasteiger partial charge in [-0.1, -0.05) is 13.3 Å². The monoisotopic (exact) mass is 276 g/mol. The van der Waals surface area contributed by atoms with Gasteiger partial charge in [0.05, 0.1) is 0 Å². The van der Waals surface area contributed by atoms with Crippen molar-refractivity contribution in [1.29, 1.82) is 0 Å². The Bertz CT molecular complexity index is 230. The van der Waals surface area contributed by atoms with Gasteiger partial charge in [-0.2, -0.15) is 26.3 Å². The van der Waals surface area contributed by atoms with Gasteiger partial charge in [-0.15, -0.1) is 0 Å². The third kappa shape index (κ3) is 5.96. The highest BCUT2D eigenvalue weighted by molar-refractivity contribution is 4.81. The third-order valence-corrected chi connectivity index (χ3v) is 3.62. The van der Waals surface area contributed by atoms with Crippen molar-refractivity contribution in [3.8, 4) is 0 Å². The lowest BCUT2D eigenvalue weighted by Gasteiger charge is -2.35. The molecule has 1 fully saturated rings. The summed E-state index contributed by atoms with van der Waals surface area (Å²) in [7, 11) is 0. The topological polar surface area (TPSA) is 0 Å². The molecular weight excluding hydrogens is 258 g/mol. The maximum absolute atomic E-state index is 12.3. The number of rotatable bonds is 3. The number of halogens is 6. The zero-order chi connectivity index (χ0) is 14.0. The van der Waals surface area contributed by atoms with Crippen molar-refractivity contribution in [3.05, 3.63) is 0 Å². The molecule has 0 N–H and O–H groups in total. The Balaban J connectivity index is 2.60. The Morgan fingerprint density at radius 3 is 1.33 bits per heavy atom. The van der Waals surface area contributed by atoms with Crippen molar-refractivity contribution in [2.45, 2.75) is 57.8 Å². The van der Waals surface area contributed by atoms with Crippen LogP contribution in [0.15, 0.2) is 0 Å². The lowest BCUT2D eigenvalue weighted by molar-refractivity contribution is -0.160. The Kier molecular flexibility index (Phi) is 4.95. The van der Waals surface area contributed by atoms with Crippen molar-refractivity contribution in [2.24, 2.45) is 17.8 Å². The fourth-order valence-corrected chi connectivity index (χ4v) is 3.02. The highest BCUT2D eigenvalue weighted by atomic mass is 19.4. The molecule has 0 saturated heterocycles. The summed E-state index contributed by atoms with van der Waals surface area (Å²) < 4.78 is 73.9. The minimum atomic E-state index is -4.27. The average Bonchev–Trinajstić information content (AvgIpc) is 2.11. The van der Waals surface area contributed by atoms with E-state index in [2.05, 4.69) is 0 Å². The van der Waals surface area contributed by atoms with E-state index in [4.69, 9.17) is 0 Å². The zero-order valence-corrected chi connectivity index (χ0v) is 10.2. The van der Waals surface area contributed by atoms with Gasteiger partial charge < -0.3 is 0 Å². The molecule has 1 aliphatic rings. The normalized spacial score (nSPS) is 30.5. The lowest BCUT2D eigenvalue weighted by atomic mass is 9.72. The van der Waals surface area contributed by atoms with Gasteiger partial charge in [0.25, 0.3) is 0 Å². The van der Waals surface area contributed by atoms with Crippen LogP contribution in [-0.2, 0) is 0 Å². The van der Waals surface area contributed by atoms with Crippen LogP contribution in [0.25, 0.3) is 0 Å². The minimum absolute atomic E-state index is 0.00144. The highest BCUT2D eigenvalue weighted by Gasteiger charge is 2.40. The van der Waals surface area contributed by atoms with Crippen molar-refractivity contribution in [2.75, 3.05) is 0 Å². The summed E-state index contributed by atoms with van der Waals surface area (Å²) in [5.74, 6) is -1.29. The van der Waals surface area contributed by atoms with Gasteiger partial charge in [-0.25, -0.2) is 0 Å². The predicted octanol–water partition coefficient (Wildman–Crippen LogP) is 5.33. The van der Waals surface area contributed by atoms with Crippen LogP contribution in [0.3, 0.4) is 0 Å². The second-order valence-electron chi connectivity index (χ2n) is 5.35. The molecule has 0 amide bonds. The van der Waals surface area contributed by atoms with Crippen molar-refractivity contribution in [3.63, 3.8) is 0 Å². The summed E-state index contributed by atoms with van der Waals surface area (Å²) in [5.41, 5.74) is 0. The van der Waals surface area contributed by atoms with Gasteiger partial charge >= 0.3 is 12.4 Å². The molecular formula is C12H18F6. The Morgan fingerprint density at radius 2 is 1.06 bits per heavy atom. The SMILES string of the molecule is CCC1CC(CC(F)(F)F)CC(CC(F)(F)F)C1. The van der Waals surface area contributed by atoms with E-state index in [1.165, 1.54) is 0 Å². The zero-order valence-electron chi connectivity index (χ0n) is 10.2. The van der Waals surface area contributed by atoms with Crippen LogP contribution < -0.4 is 0 Å². The molecule has 0 heterocycles. The molecule has 1 aliphatic carbocycles. The van der Waals surface area contributed by atoms with E-state index in [0.717, 1.165) is 0 Å². The van der Waals surface area contributed by atoms with Crippen LogP contribution in [-0.4, -0.2) is 12.4 Å².